The van der Waals surface area contributed by atoms with Crippen LogP contribution in [-0.4, -0.2) is 60.3 Å². The van der Waals surface area contributed by atoms with Gasteiger partial charge in [0, 0.05) is 30.3 Å². The SMILES string of the molecule is COc1ccc2cc(-c3[nH]ncc3CN(C)C[C@H]3CCCN3C)ccc2c1. The molecule has 3 aromatic rings. The van der Waals surface area contributed by atoms with Crippen LogP contribution >= 0.6 is 0 Å². The Bertz CT molecular complexity index is 920. The predicted octanol–water partition coefficient (Wildman–Crippen LogP) is 3.76. The smallest absolute Gasteiger partial charge is 0.119 e. The van der Waals surface area contributed by atoms with E-state index in [9.17, 15) is 0 Å². The van der Waals surface area contributed by atoms with Crippen molar-refractivity contribution in [1.82, 2.24) is 20.0 Å². The number of benzene rings is 2. The van der Waals surface area contributed by atoms with Crippen molar-refractivity contribution in [2.75, 3.05) is 34.3 Å². The third kappa shape index (κ3) is 3.84. The number of methoxy groups -OCH3 is 1. The van der Waals surface area contributed by atoms with Crippen LogP contribution in [0.25, 0.3) is 22.0 Å². The average molecular weight is 364 g/mol. The van der Waals surface area contributed by atoms with Gasteiger partial charge in [0.05, 0.1) is 19.0 Å². The van der Waals surface area contributed by atoms with Crippen LogP contribution in [0.4, 0.5) is 0 Å². The Morgan fingerprint density at radius 2 is 2.04 bits per heavy atom. The summed E-state index contributed by atoms with van der Waals surface area (Å²) in [6.45, 7) is 3.22. The minimum atomic E-state index is 0.668. The van der Waals surface area contributed by atoms with E-state index in [0.29, 0.717) is 6.04 Å². The standard InChI is InChI=1S/C22H28N4O/c1-25(15-20-5-4-10-26(20)2)14-19-13-23-24-22(19)18-7-6-17-12-21(27-3)9-8-16(17)11-18/h6-9,11-13,20H,4-5,10,14-15H2,1-3H3,(H,23,24)/t20-/m1/s1. The zero-order chi connectivity index (χ0) is 18.8. The third-order valence-electron chi connectivity index (χ3n) is 5.69. The highest BCUT2D eigenvalue weighted by atomic mass is 16.5. The molecule has 0 bridgehead atoms. The quantitative estimate of drug-likeness (QED) is 0.723. The lowest BCUT2D eigenvalue weighted by molar-refractivity contribution is 0.215. The molecule has 4 rings (SSSR count). The van der Waals surface area contributed by atoms with Crippen molar-refractivity contribution in [2.24, 2.45) is 0 Å². The first kappa shape index (κ1) is 18.0. The van der Waals surface area contributed by atoms with Crippen LogP contribution in [0.15, 0.2) is 42.6 Å². The molecule has 5 heteroatoms. The van der Waals surface area contributed by atoms with Crippen LogP contribution in [0.3, 0.4) is 0 Å². The fourth-order valence-electron chi connectivity index (χ4n) is 4.11. The van der Waals surface area contributed by atoms with Gasteiger partial charge in [0.2, 0.25) is 0 Å². The molecule has 27 heavy (non-hydrogen) atoms. The zero-order valence-electron chi connectivity index (χ0n) is 16.4. The van der Waals surface area contributed by atoms with Gasteiger partial charge in [-0.25, -0.2) is 0 Å². The summed E-state index contributed by atoms with van der Waals surface area (Å²) in [6.07, 6.45) is 4.57. The molecule has 0 spiro atoms. The Morgan fingerprint density at radius 3 is 2.81 bits per heavy atom. The fraction of sp³-hybridized carbons (Fsp3) is 0.409. The Balaban J connectivity index is 1.53. The number of rotatable bonds is 6. The van der Waals surface area contributed by atoms with Gasteiger partial charge in [0.15, 0.2) is 0 Å². The number of nitrogens with one attached hydrogen (secondary N) is 1. The molecule has 0 unspecified atom stereocenters. The van der Waals surface area contributed by atoms with E-state index in [1.807, 2.05) is 12.3 Å². The highest BCUT2D eigenvalue weighted by molar-refractivity contribution is 5.88. The largest absolute Gasteiger partial charge is 0.497 e. The average Bonchev–Trinajstić information content (AvgIpc) is 3.30. The van der Waals surface area contributed by atoms with Crippen LogP contribution in [0.1, 0.15) is 18.4 Å². The first-order valence-electron chi connectivity index (χ1n) is 9.63. The Morgan fingerprint density at radius 1 is 1.22 bits per heavy atom. The summed E-state index contributed by atoms with van der Waals surface area (Å²) in [5.74, 6) is 0.885. The van der Waals surface area contributed by atoms with E-state index < -0.39 is 0 Å². The van der Waals surface area contributed by atoms with Gasteiger partial charge in [-0.05, 0) is 62.5 Å². The number of likely N-dealkylation sites (N-methyl/N-ethyl adjacent to an activating group) is 2. The summed E-state index contributed by atoms with van der Waals surface area (Å²) >= 11 is 0. The molecule has 2 heterocycles. The fourth-order valence-corrected chi connectivity index (χ4v) is 4.11. The molecule has 2 aromatic carbocycles. The Hall–Kier alpha value is -2.37. The molecule has 142 valence electrons. The van der Waals surface area contributed by atoms with Gasteiger partial charge in [-0.2, -0.15) is 5.10 Å². The molecule has 1 aliphatic rings. The van der Waals surface area contributed by atoms with E-state index in [1.165, 1.54) is 41.3 Å². The summed E-state index contributed by atoms with van der Waals surface area (Å²) in [5, 5.41) is 9.91. The summed E-state index contributed by atoms with van der Waals surface area (Å²) in [5.41, 5.74) is 3.52. The third-order valence-corrected chi connectivity index (χ3v) is 5.69. The lowest BCUT2D eigenvalue weighted by atomic mass is 10.0. The number of aromatic nitrogens is 2. The molecular formula is C22H28N4O. The predicted molar refractivity (Wildman–Crippen MR) is 110 cm³/mol. The second kappa shape index (κ2) is 7.71. The molecular weight excluding hydrogens is 336 g/mol. The van der Waals surface area contributed by atoms with Crippen molar-refractivity contribution < 1.29 is 4.74 Å². The minimum Gasteiger partial charge on any atom is -0.497 e. The molecule has 0 aliphatic carbocycles. The van der Waals surface area contributed by atoms with Crippen LogP contribution < -0.4 is 4.74 Å². The molecule has 0 radical (unpaired) electrons. The van der Waals surface area contributed by atoms with E-state index in [2.05, 4.69) is 64.4 Å². The number of fused-ring (bicyclic) bond motifs is 1. The highest BCUT2D eigenvalue weighted by Crippen LogP contribution is 2.28. The molecule has 1 fully saturated rings. The van der Waals surface area contributed by atoms with E-state index >= 15 is 0 Å². The maximum Gasteiger partial charge on any atom is 0.119 e. The number of hydrogen-bond acceptors (Lipinski definition) is 4. The Kier molecular flexibility index (Phi) is 5.14. The molecule has 1 atom stereocenters. The molecule has 1 aromatic heterocycles. The number of hydrogen-bond donors (Lipinski definition) is 1. The van der Waals surface area contributed by atoms with Crippen molar-refractivity contribution in [3.8, 4) is 17.0 Å². The maximum atomic E-state index is 5.32. The number of H-pyrrole nitrogens is 1. The van der Waals surface area contributed by atoms with Crippen molar-refractivity contribution in [3.05, 3.63) is 48.2 Å². The second-order valence-electron chi connectivity index (χ2n) is 7.67. The van der Waals surface area contributed by atoms with Gasteiger partial charge in [0.1, 0.15) is 5.75 Å². The van der Waals surface area contributed by atoms with E-state index in [-0.39, 0.29) is 0 Å². The summed E-state index contributed by atoms with van der Waals surface area (Å²) in [4.78, 5) is 4.89. The highest BCUT2D eigenvalue weighted by Gasteiger charge is 2.22. The van der Waals surface area contributed by atoms with Crippen molar-refractivity contribution >= 4 is 10.8 Å². The van der Waals surface area contributed by atoms with Crippen molar-refractivity contribution in [3.63, 3.8) is 0 Å². The van der Waals surface area contributed by atoms with Gasteiger partial charge in [0.25, 0.3) is 0 Å². The van der Waals surface area contributed by atoms with Gasteiger partial charge < -0.3 is 14.5 Å². The number of ether oxygens (including phenoxy) is 1. The van der Waals surface area contributed by atoms with E-state index in [4.69, 9.17) is 4.74 Å². The first-order valence-corrected chi connectivity index (χ1v) is 9.63. The van der Waals surface area contributed by atoms with Crippen LogP contribution in [0, 0.1) is 0 Å². The normalized spacial score (nSPS) is 17.9. The van der Waals surface area contributed by atoms with Crippen LogP contribution in [0.5, 0.6) is 5.75 Å². The van der Waals surface area contributed by atoms with Crippen molar-refractivity contribution in [1.29, 1.82) is 0 Å². The summed E-state index contributed by atoms with van der Waals surface area (Å²) in [7, 11) is 6.14. The van der Waals surface area contributed by atoms with Crippen molar-refractivity contribution in [2.45, 2.75) is 25.4 Å². The van der Waals surface area contributed by atoms with Gasteiger partial charge >= 0.3 is 0 Å². The molecule has 1 saturated heterocycles. The number of nitrogens with zero attached hydrogens (tertiary/aromatic N) is 3. The van der Waals surface area contributed by atoms with Gasteiger partial charge in [-0.1, -0.05) is 18.2 Å². The van der Waals surface area contributed by atoms with Gasteiger partial charge in [-0.15, -0.1) is 0 Å². The summed E-state index contributed by atoms with van der Waals surface area (Å²) in [6, 6.07) is 13.4. The Labute approximate surface area is 160 Å². The summed E-state index contributed by atoms with van der Waals surface area (Å²) < 4.78 is 5.32. The molecule has 0 saturated carbocycles. The lowest BCUT2D eigenvalue weighted by Gasteiger charge is -2.25. The first-order chi connectivity index (χ1) is 13.1. The maximum absolute atomic E-state index is 5.32. The van der Waals surface area contributed by atoms with Crippen LogP contribution in [0.2, 0.25) is 0 Å². The zero-order valence-corrected chi connectivity index (χ0v) is 16.4. The van der Waals surface area contributed by atoms with E-state index in [1.54, 1.807) is 7.11 Å². The number of likely N-dealkylation sites (tertiary alicyclic amines) is 1. The second-order valence-corrected chi connectivity index (χ2v) is 7.67. The molecule has 0 amide bonds. The van der Waals surface area contributed by atoms with E-state index in [0.717, 1.165) is 24.5 Å². The lowest BCUT2D eigenvalue weighted by Crippen LogP contribution is -2.36. The molecule has 5 nitrogen and oxygen atoms in total. The minimum absolute atomic E-state index is 0.668. The topological polar surface area (TPSA) is 44.4 Å². The van der Waals surface area contributed by atoms with Crippen LogP contribution in [-0.2, 0) is 6.54 Å². The molecule has 1 aliphatic heterocycles. The number of aromatic amines is 1. The monoisotopic (exact) mass is 364 g/mol. The van der Waals surface area contributed by atoms with Gasteiger partial charge in [-0.3, -0.25) is 5.10 Å². The molecule has 1 N–H and O–H groups in total.